The van der Waals surface area contributed by atoms with Crippen LogP contribution in [0.3, 0.4) is 0 Å². The minimum atomic E-state index is -1.10. The van der Waals surface area contributed by atoms with Crippen LogP contribution >= 0.6 is 0 Å². The van der Waals surface area contributed by atoms with Crippen LogP contribution in [-0.4, -0.2) is 73.2 Å². The molecule has 0 aromatic heterocycles. The number of carbonyl (C=O) groups excluding carboxylic acids is 3. The molecule has 4 N–H and O–H groups in total. The van der Waals surface area contributed by atoms with E-state index in [1.165, 1.54) is 16.9 Å². The molecule has 0 spiro atoms. The zero-order chi connectivity index (χ0) is 26.4. The Morgan fingerprint density at radius 2 is 1.54 bits per heavy atom. The van der Waals surface area contributed by atoms with Crippen LogP contribution in [0.5, 0.6) is 11.5 Å². The molecule has 2 aromatic rings. The van der Waals surface area contributed by atoms with E-state index in [2.05, 4.69) is 10.6 Å². The fraction of sp³-hybridized carbons (Fsp3) is 0.444. The number of urea groups is 1. The number of carbonyl (C=O) groups is 3. The van der Waals surface area contributed by atoms with Crippen LogP contribution in [0.15, 0.2) is 48.5 Å². The average Bonchev–Trinajstić information content (AvgIpc) is 2.93. The number of anilines is 1. The van der Waals surface area contributed by atoms with E-state index in [-0.39, 0.29) is 23.9 Å². The summed E-state index contributed by atoms with van der Waals surface area (Å²) < 4.78 is 10.5. The topological polar surface area (TPSA) is 126 Å². The first-order valence-electron chi connectivity index (χ1n) is 12.6. The van der Waals surface area contributed by atoms with E-state index in [1.54, 1.807) is 55.6 Å². The Morgan fingerprint density at radius 1 is 0.892 bits per heavy atom. The van der Waals surface area contributed by atoms with E-state index < -0.39 is 12.2 Å². The molecule has 10 nitrogen and oxygen atoms in total. The Morgan fingerprint density at radius 3 is 2.24 bits per heavy atom. The molecule has 2 fully saturated rings. The molecule has 0 bridgehead atoms. The zero-order valence-electron chi connectivity index (χ0n) is 21.3. The van der Waals surface area contributed by atoms with Crippen molar-refractivity contribution in [2.75, 3.05) is 32.6 Å². The van der Waals surface area contributed by atoms with Gasteiger partial charge in [-0.2, -0.15) is 0 Å². The van der Waals surface area contributed by atoms with Crippen molar-refractivity contribution in [1.29, 1.82) is 0 Å². The highest BCUT2D eigenvalue weighted by Crippen LogP contribution is 2.24. The molecule has 1 aliphatic carbocycles. The smallest absolute Gasteiger partial charge is 0.323 e. The molecule has 1 aliphatic heterocycles. The number of nitrogens with one attached hydrogen (secondary N) is 2. The van der Waals surface area contributed by atoms with Gasteiger partial charge < -0.3 is 30.7 Å². The molecule has 1 saturated carbocycles. The van der Waals surface area contributed by atoms with Crippen LogP contribution in [0.1, 0.15) is 42.5 Å². The molecule has 1 heterocycles. The van der Waals surface area contributed by atoms with Gasteiger partial charge in [0.15, 0.2) is 6.17 Å². The number of hydrogen-bond donors (Lipinski definition) is 3. The summed E-state index contributed by atoms with van der Waals surface area (Å²) in [6.07, 6.45) is 2.60. The molecule has 4 rings (SSSR count). The number of methoxy groups -OCH3 is 2. The number of hydrogen-bond acceptors (Lipinski definition) is 6. The van der Waals surface area contributed by atoms with Gasteiger partial charge in [0, 0.05) is 42.5 Å². The lowest BCUT2D eigenvalue weighted by atomic mass is 9.91. The maximum atomic E-state index is 13.7. The zero-order valence-corrected chi connectivity index (χ0v) is 21.3. The second kappa shape index (κ2) is 12.0. The van der Waals surface area contributed by atoms with Crippen molar-refractivity contribution in [1.82, 2.24) is 15.1 Å². The summed E-state index contributed by atoms with van der Waals surface area (Å²) in [5.74, 6) is 0.409. The fourth-order valence-electron chi connectivity index (χ4n) is 4.89. The van der Waals surface area contributed by atoms with Gasteiger partial charge in [-0.15, -0.1) is 0 Å². The van der Waals surface area contributed by atoms with Crippen LogP contribution in [0.25, 0.3) is 0 Å². The summed E-state index contributed by atoms with van der Waals surface area (Å²) in [6, 6.07) is 13.4. The molecule has 198 valence electrons. The monoisotopic (exact) mass is 509 g/mol. The maximum Gasteiger partial charge on any atom is 0.323 e. The Kier molecular flexibility index (Phi) is 8.50. The van der Waals surface area contributed by atoms with E-state index in [9.17, 15) is 14.4 Å². The molecule has 1 atom stereocenters. The Balaban J connectivity index is 1.60. The number of rotatable bonds is 6. The predicted octanol–water partition coefficient (Wildman–Crippen LogP) is 2.80. The molecule has 0 radical (unpaired) electrons. The van der Waals surface area contributed by atoms with Crippen molar-refractivity contribution in [3.05, 3.63) is 54.1 Å². The lowest BCUT2D eigenvalue weighted by molar-refractivity contribution is -0.133. The van der Waals surface area contributed by atoms with E-state index in [1.807, 2.05) is 0 Å². The van der Waals surface area contributed by atoms with Gasteiger partial charge in [-0.1, -0.05) is 12.1 Å². The van der Waals surface area contributed by atoms with Gasteiger partial charge in [-0.05, 0) is 62.4 Å². The number of amides is 4. The van der Waals surface area contributed by atoms with Gasteiger partial charge in [-0.25, -0.2) is 4.79 Å². The third-order valence-corrected chi connectivity index (χ3v) is 6.90. The molecule has 10 heteroatoms. The van der Waals surface area contributed by atoms with Crippen molar-refractivity contribution in [3.63, 3.8) is 0 Å². The highest BCUT2D eigenvalue weighted by atomic mass is 16.5. The molecule has 1 saturated heterocycles. The SMILES string of the molecule is COc1cccc(NC(=O)N2CCCN(C(=O)c3cccc(OC)c3)C2C(=O)NC2CCC(N)CC2)c1. The molecular formula is C27H35N5O5. The van der Waals surface area contributed by atoms with E-state index in [0.717, 1.165) is 25.7 Å². The van der Waals surface area contributed by atoms with Crippen LogP contribution in [0.4, 0.5) is 10.5 Å². The number of nitrogens with two attached hydrogens (primary N) is 1. The van der Waals surface area contributed by atoms with E-state index in [4.69, 9.17) is 15.2 Å². The van der Waals surface area contributed by atoms with Crippen molar-refractivity contribution in [2.45, 2.75) is 50.4 Å². The van der Waals surface area contributed by atoms with Crippen molar-refractivity contribution < 1.29 is 23.9 Å². The Bertz CT molecular complexity index is 1120. The largest absolute Gasteiger partial charge is 0.497 e. The van der Waals surface area contributed by atoms with Gasteiger partial charge in [0.05, 0.1) is 14.2 Å². The molecule has 1 unspecified atom stereocenters. The summed E-state index contributed by atoms with van der Waals surface area (Å²) in [5, 5.41) is 5.93. The average molecular weight is 510 g/mol. The van der Waals surface area contributed by atoms with Gasteiger partial charge in [0.1, 0.15) is 11.5 Å². The molecule has 2 aliphatic rings. The summed E-state index contributed by atoms with van der Waals surface area (Å²) >= 11 is 0. The van der Waals surface area contributed by atoms with Crippen molar-refractivity contribution in [2.24, 2.45) is 5.73 Å². The third-order valence-electron chi connectivity index (χ3n) is 6.90. The van der Waals surface area contributed by atoms with Crippen molar-refractivity contribution >= 4 is 23.5 Å². The van der Waals surface area contributed by atoms with Gasteiger partial charge in [0.2, 0.25) is 0 Å². The van der Waals surface area contributed by atoms with Crippen molar-refractivity contribution in [3.8, 4) is 11.5 Å². The quantitative estimate of drug-likeness (QED) is 0.550. The molecule has 37 heavy (non-hydrogen) atoms. The summed E-state index contributed by atoms with van der Waals surface area (Å²) in [7, 11) is 3.08. The second-order valence-electron chi connectivity index (χ2n) is 9.43. The predicted molar refractivity (Wildman–Crippen MR) is 140 cm³/mol. The Hall–Kier alpha value is -3.79. The minimum absolute atomic E-state index is 0.0497. The number of nitrogens with zero attached hydrogens (tertiary/aromatic N) is 2. The molecule has 4 amide bonds. The first kappa shape index (κ1) is 26.3. The van der Waals surface area contributed by atoms with Gasteiger partial charge >= 0.3 is 6.03 Å². The number of benzene rings is 2. The summed E-state index contributed by atoms with van der Waals surface area (Å²) in [5.41, 5.74) is 6.94. The molecule has 2 aromatic carbocycles. The second-order valence-corrected chi connectivity index (χ2v) is 9.43. The Labute approximate surface area is 217 Å². The van der Waals surface area contributed by atoms with Gasteiger partial charge in [-0.3, -0.25) is 14.5 Å². The van der Waals surface area contributed by atoms with Crippen LogP contribution in [0, 0.1) is 0 Å². The van der Waals surface area contributed by atoms with Crippen LogP contribution in [-0.2, 0) is 4.79 Å². The van der Waals surface area contributed by atoms with Crippen LogP contribution in [0.2, 0.25) is 0 Å². The lowest BCUT2D eigenvalue weighted by Gasteiger charge is -2.43. The maximum absolute atomic E-state index is 13.7. The normalized spacial score (nSPS) is 21.6. The molecular weight excluding hydrogens is 474 g/mol. The fourth-order valence-corrected chi connectivity index (χ4v) is 4.89. The third kappa shape index (κ3) is 6.32. The summed E-state index contributed by atoms with van der Waals surface area (Å²) in [4.78, 5) is 43.6. The lowest BCUT2D eigenvalue weighted by Crippen LogP contribution is -2.65. The van der Waals surface area contributed by atoms with E-state index >= 15 is 0 Å². The minimum Gasteiger partial charge on any atom is -0.497 e. The first-order valence-corrected chi connectivity index (χ1v) is 12.6. The first-order chi connectivity index (χ1) is 17.9. The van der Waals surface area contributed by atoms with E-state index in [0.29, 0.717) is 42.3 Å². The van der Waals surface area contributed by atoms with Crippen LogP contribution < -0.4 is 25.8 Å². The highest BCUT2D eigenvalue weighted by Gasteiger charge is 2.41. The standard InChI is InChI=1S/C27H35N5O5/c1-36-22-8-3-6-18(16-22)26(34)31-14-5-15-32(27(35)30-21-7-4-9-23(17-21)37-2)25(31)24(33)29-20-12-10-19(28)11-13-20/h3-4,6-9,16-17,19-20,25H,5,10-15,28H2,1-2H3,(H,29,33)(H,30,35). The summed E-state index contributed by atoms with van der Waals surface area (Å²) in [6.45, 7) is 0.665. The van der Waals surface area contributed by atoms with Gasteiger partial charge in [0.25, 0.3) is 11.8 Å². The number of ether oxygens (including phenoxy) is 2. The highest BCUT2D eigenvalue weighted by molar-refractivity contribution is 6.00.